The maximum Gasteiger partial charge on any atom is 0.228 e. The highest BCUT2D eigenvalue weighted by Crippen LogP contribution is 2.20. The number of likely N-dealkylation sites (tertiary alicyclic amines) is 1. The molecule has 2 rings (SSSR count). The third-order valence-electron chi connectivity index (χ3n) is 4.01. The van der Waals surface area contributed by atoms with Crippen LogP contribution in [-0.2, 0) is 9.59 Å². The Hall–Kier alpha value is -1.66. The number of hydrogen-bond acceptors (Lipinski definition) is 4. The van der Waals surface area contributed by atoms with E-state index in [2.05, 4.69) is 15.6 Å². The Morgan fingerprint density at radius 3 is 2.70 bits per heavy atom. The number of nitrogens with one attached hydrogen (secondary N) is 2. The average Bonchev–Trinajstić information content (AvgIpc) is 2.57. The first-order valence-electron chi connectivity index (χ1n) is 7.95. The quantitative estimate of drug-likeness (QED) is 0.777. The molecular formula is C16H23ClN4O2. The van der Waals surface area contributed by atoms with Crippen LogP contribution >= 0.6 is 11.6 Å². The third kappa shape index (κ3) is 5.48. The molecule has 2 N–H and O–H groups in total. The van der Waals surface area contributed by atoms with Crippen LogP contribution in [0.25, 0.3) is 0 Å². The lowest BCUT2D eigenvalue weighted by molar-refractivity contribution is -0.134. The highest BCUT2D eigenvalue weighted by atomic mass is 35.5. The van der Waals surface area contributed by atoms with Gasteiger partial charge >= 0.3 is 0 Å². The molecule has 1 fully saturated rings. The van der Waals surface area contributed by atoms with Gasteiger partial charge in [-0.15, -0.1) is 0 Å². The molecule has 2 heterocycles. The fourth-order valence-electron chi connectivity index (χ4n) is 2.64. The molecule has 0 radical (unpaired) electrons. The average molecular weight is 339 g/mol. The van der Waals surface area contributed by atoms with E-state index in [1.165, 1.54) is 6.20 Å². The van der Waals surface area contributed by atoms with E-state index in [0.29, 0.717) is 43.2 Å². The maximum absolute atomic E-state index is 12.2. The van der Waals surface area contributed by atoms with Crippen molar-refractivity contribution in [2.45, 2.75) is 25.7 Å². The van der Waals surface area contributed by atoms with Gasteiger partial charge in [-0.1, -0.05) is 11.6 Å². The molecule has 126 valence electrons. The molecule has 1 aromatic rings. The largest absolute Gasteiger partial charge is 0.343 e. The molecule has 1 saturated heterocycles. The molecule has 0 spiro atoms. The molecule has 2 amide bonds. The summed E-state index contributed by atoms with van der Waals surface area (Å²) in [5.74, 6) is 0.569. The first-order chi connectivity index (χ1) is 11.1. The number of carbonyl (C=O) groups excluding carboxylic acids is 2. The van der Waals surface area contributed by atoms with Crippen LogP contribution in [0, 0.1) is 5.92 Å². The van der Waals surface area contributed by atoms with Crippen LogP contribution in [0.5, 0.6) is 0 Å². The summed E-state index contributed by atoms with van der Waals surface area (Å²) in [5, 5.41) is 6.38. The SMILES string of the molecule is CNCCCC(=O)N1CCC(C(=O)Nc2ccc(Cl)cn2)CC1. The zero-order valence-corrected chi connectivity index (χ0v) is 14.1. The number of aromatic nitrogens is 1. The van der Waals surface area contributed by atoms with Crippen LogP contribution in [0.1, 0.15) is 25.7 Å². The van der Waals surface area contributed by atoms with E-state index in [-0.39, 0.29) is 17.7 Å². The molecule has 0 saturated carbocycles. The van der Waals surface area contributed by atoms with Crippen molar-refractivity contribution in [1.29, 1.82) is 0 Å². The van der Waals surface area contributed by atoms with Crippen LogP contribution < -0.4 is 10.6 Å². The molecule has 0 unspecified atom stereocenters. The molecule has 0 atom stereocenters. The predicted octanol–water partition coefficient (Wildman–Crippen LogP) is 1.91. The van der Waals surface area contributed by atoms with E-state index >= 15 is 0 Å². The number of nitrogens with zero attached hydrogens (tertiary/aromatic N) is 2. The summed E-state index contributed by atoms with van der Waals surface area (Å²) in [6, 6.07) is 3.37. The van der Waals surface area contributed by atoms with Crippen LogP contribution in [0.3, 0.4) is 0 Å². The maximum atomic E-state index is 12.2. The van der Waals surface area contributed by atoms with Crippen molar-refractivity contribution in [3.63, 3.8) is 0 Å². The fourth-order valence-corrected chi connectivity index (χ4v) is 2.76. The Morgan fingerprint density at radius 1 is 1.35 bits per heavy atom. The molecular weight excluding hydrogens is 316 g/mol. The van der Waals surface area contributed by atoms with Crippen molar-refractivity contribution in [1.82, 2.24) is 15.2 Å². The molecule has 1 aliphatic rings. The summed E-state index contributed by atoms with van der Waals surface area (Å²) < 4.78 is 0. The van der Waals surface area contributed by atoms with E-state index in [0.717, 1.165) is 13.0 Å². The van der Waals surface area contributed by atoms with Gasteiger partial charge in [0.05, 0.1) is 5.02 Å². The van der Waals surface area contributed by atoms with Gasteiger partial charge in [0.2, 0.25) is 11.8 Å². The summed E-state index contributed by atoms with van der Waals surface area (Å²) in [6.45, 7) is 2.13. The first-order valence-corrected chi connectivity index (χ1v) is 8.32. The number of amides is 2. The molecule has 23 heavy (non-hydrogen) atoms. The summed E-state index contributed by atoms with van der Waals surface area (Å²) in [5.41, 5.74) is 0. The van der Waals surface area contributed by atoms with Crippen LogP contribution in [0.15, 0.2) is 18.3 Å². The molecule has 0 aliphatic carbocycles. The van der Waals surface area contributed by atoms with Crippen molar-refractivity contribution in [2.75, 3.05) is 32.0 Å². The van der Waals surface area contributed by atoms with Crippen molar-refractivity contribution in [3.8, 4) is 0 Å². The zero-order valence-electron chi connectivity index (χ0n) is 13.3. The van der Waals surface area contributed by atoms with E-state index < -0.39 is 0 Å². The second kappa shape index (κ2) is 8.84. The Bertz CT molecular complexity index is 527. The summed E-state index contributed by atoms with van der Waals surface area (Å²) in [7, 11) is 1.88. The summed E-state index contributed by atoms with van der Waals surface area (Å²) >= 11 is 5.77. The molecule has 0 bridgehead atoms. The van der Waals surface area contributed by atoms with Gasteiger partial charge in [0.1, 0.15) is 5.82 Å². The second-order valence-electron chi connectivity index (χ2n) is 5.71. The highest BCUT2D eigenvalue weighted by Gasteiger charge is 2.27. The number of hydrogen-bond donors (Lipinski definition) is 2. The lowest BCUT2D eigenvalue weighted by atomic mass is 9.95. The minimum absolute atomic E-state index is 0.0397. The zero-order chi connectivity index (χ0) is 16.7. The Morgan fingerprint density at radius 2 is 2.09 bits per heavy atom. The van der Waals surface area contributed by atoms with Gasteiger partial charge in [-0.05, 0) is 45.0 Å². The van der Waals surface area contributed by atoms with Crippen molar-refractivity contribution >= 4 is 29.2 Å². The van der Waals surface area contributed by atoms with E-state index in [1.807, 2.05) is 11.9 Å². The van der Waals surface area contributed by atoms with Crippen LogP contribution in [0.4, 0.5) is 5.82 Å². The third-order valence-corrected chi connectivity index (χ3v) is 4.24. The Balaban J connectivity index is 1.76. The smallest absolute Gasteiger partial charge is 0.228 e. The van der Waals surface area contributed by atoms with Gasteiger partial charge in [-0.3, -0.25) is 9.59 Å². The first kappa shape index (κ1) is 17.7. The number of pyridine rings is 1. The van der Waals surface area contributed by atoms with Gasteiger partial charge in [-0.2, -0.15) is 0 Å². The van der Waals surface area contributed by atoms with E-state index in [9.17, 15) is 9.59 Å². The Labute approximate surface area is 141 Å². The standard InChI is InChI=1S/C16H23ClN4O2/c1-18-8-2-3-15(22)21-9-6-12(7-10-21)16(23)20-14-5-4-13(17)11-19-14/h4-5,11-12,18H,2-3,6-10H2,1H3,(H,19,20,23). The topological polar surface area (TPSA) is 74.3 Å². The highest BCUT2D eigenvalue weighted by molar-refractivity contribution is 6.30. The van der Waals surface area contributed by atoms with Gasteiger partial charge in [0.15, 0.2) is 0 Å². The molecule has 6 nitrogen and oxygen atoms in total. The second-order valence-corrected chi connectivity index (χ2v) is 6.15. The molecule has 1 aromatic heterocycles. The fraction of sp³-hybridized carbons (Fsp3) is 0.562. The van der Waals surface area contributed by atoms with Gasteiger partial charge < -0.3 is 15.5 Å². The van der Waals surface area contributed by atoms with Gasteiger partial charge in [0.25, 0.3) is 0 Å². The van der Waals surface area contributed by atoms with Gasteiger partial charge in [-0.25, -0.2) is 4.98 Å². The number of rotatable bonds is 6. The molecule has 7 heteroatoms. The normalized spacial score (nSPS) is 15.5. The lowest BCUT2D eigenvalue weighted by Crippen LogP contribution is -2.41. The lowest BCUT2D eigenvalue weighted by Gasteiger charge is -2.31. The van der Waals surface area contributed by atoms with Crippen molar-refractivity contribution < 1.29 is 9.59 Å². The van der Waals surface area contributed by atoms with Crippen molar-refractivity contribution in [3.05, 3.63) is 23.4 Å². The number of carbonyl (C=O) groups is 2. The van der Waals surface area contributed by atoms with Crippen LogP contribution in [-0.4, -0.2) is 48.4 Å². The summed E-state index contributed by atoms with van der Waals surface area (Å²) in [6.07, 6.45) is 4.29. The Kier molecular flexibility index (Phi) is 6.80. The number of piperidine rings is 1. The van der Waals surface area contributed by atoms with Crippen LogP contribution in [0.2, 0.25) is 5.02 Å². The van der Waals surface area contributed by atoms with E-state index in [1.54, 1.807) is 12.1 Å². The van der Waals surface area contributed by atoms with E-state index in [4.69, 9.17) is 11.6 Å². The minimum Gasteiger partial charge on any atom is -0.343 e. The van der Waals surface area contributed by atoms with Crippen molar-refractivity contribution in [2.24, 2.45) is 5.92 Å². The number of halogens is 1. The molecule has 0 aromatic carbocycles. The minimum atomic E-state index is -0.0752. The monoisotopic (exact) mass is 338 g/mol. The number of anilines is 1. The predicted molar refractivity (Wildman–Crippen MR) is 90.3 cm³/mol. The molecule has 1 aliphatic heterocycles. The summed E-state index contributed by atoms with van der Waals surface area (Å²) in [4.78, 5) is 30.2. The van der Waals surface area contributed by atoms with Gasteiger partial charge in [0, 0.05) is 31.6 Å².